The van der Waals surface area contributed by atoms with Gasteiger partial charge in [-0.3, -0.25) is 0 Å². The third kappa shape index (κ3) is 0.968. The van der Waals surface area contributed by atoms with Crippen molar-refractivity contribution >= 4 is 17.6 Å². The number of anilines is 1. The van der Waals surface area contributed by atoms with E-state index >= 15 is 0 Å². The largest absolute Gasteiger partial charge is 0.368 e. The Kier molecular flexibility index (Phi) is 1.51. The number of aromatic nitrogens is 1. The first kappa shape index (κ1) is 6.04. The van der Waals surface area contributed by atoms with Crippen LogP contribution in [0.4, 0.5) is 5.82 Å². The molecule has 2 rings (SSSR count). The third-order valence-electron chi connectivity index (χ3n) is 1.33. The number of pyridine rings is 1. The molecule has 2 nitrogen and oxygen atoms in total. The first-order valence-electron chi connectivity index (χ1n) is 3.14. The minimum atomic E-state index is 0.911. The van der Waals surface area contributed by atoms with Crippen LogP contribution in [0.1, 0.15) is 0 Å². The van der Waals surface area contributed by atoms with Gasteiger partial charge >= 0.3 is 0 Å². The zero-order valence-electron chi connectivity index (χ0n) is 5.37. The first-order chi connectivity index (χ1) is 4.97. The van der Waals surface area contributed by atoms with Gasteiger partial charge in [0.1, 0.15) is 5.82 Å². The number of nitrogens with one attached hydrogen (secondary N) is 1. The zero-order chi connectivity index (χ0) is 6.81. The maximum atomic E-state index is 4.17. The van der Waals surface area contributed by atoms with Gasteiger partial charge in [0.15, 0.2) is 0 Å². The van der Waals surface area contributed by atoms with Gasteiger partial charge in [-0.05, 0) is 12.1 Å². The summed E-state index contributed by atoms with van der Waals surface area (Å²) in [7, 11) is 0. The topological polar surface area (TPSA) is 24.9 Å². The molecule has 2 heterocycles. The van der Waals surface area contributed by atoms with Gasteiger partial charge in [-0.15, -0.1) is 11.8 Å². The van der Waals surface area contributed by atoms with Crippen molar-refractivity contribution in [3.8, 4) is 0 Å². The molecule has 1 radical (unpaired) electrons. The Balaban J connectivity index is 2.41. The van der Waals surface area contributed by atoms with Crippen LogP contribution < -0.4 is 5.32 Å². The molecule has 0 aliphatic carbocycles. The molecule has 0 atom stereocenters. The monoisotopic (exact) mass is 151 g/mol. The highest BCUT2D eigenvalue weighted by molar-refractivity contribution is 8.01. The maximum absolute atomic E-state index is 4.17. The predicted octanol–water partition coefficient (Wildman–Crippen LogP) is 1.76. The molecule has 0 saturated carbocycles. The van der Waals surface area contributed by atoms with Gasteiger partial charge in [0.25, 0.3) is 0 Å². The van der Waals surface area contributed by atoms with Crippen molar-refractivity contribution in [2.75, 3.05) is 11.9 Å². The lowest BCUT2D eigenvalue weighted by Gasteiger charge is -2.14. The van der Waals surface area contributed by atoms with Crippen LogP contribution in [0.5, 0.6) is 0 Å². The van der Waals surface area contributed by atoms with E-state index in [4.69, 9.17) is 0 Å². The minimum absolute atomic E-state index is 0.911. The molecule has 0 unspecified atom stereocenters. The van der Waals surface area contributed by atoms with Crippen LogP contribution in [0.25, 0.3) is 0 Å². The van der Waals surface area contributed by atoms with Gasteiger partial charge in [0.2, 0.25) is 0 Å². The second kappa shape index (κ2) is 2.50. The average molecular weight is 151 g/mol. The molecule has 0 bridgehead atoms. The van der Waals surface area contributed by atoms with Crippen LogP contribution >= 0.6 is 11.8 Å². The van der Waals surface area contributed by atoms with Crippen LogP contribution in [-0.4, -0.2) is 11.5 Å². The van der Waals surface area contributed by atoms with Crippen molar-refractivity contribution in [2.45, 2.75) is 4.90 Å². The summed E-state index contributed by atoms with van der Waals surface area (Å²) in [6.45, 7) is 0.911. The number of hydrogen-bond acceptors (Lipinski definition) is 3. The Morgan fingerprint density at radius 2 is 2.60 bits per heavy atom. The quantitative estimate of drug-likeness (QED) is 0.611. The Morgan fingerprint density at radius 3 is 3.50 bits per heavy atom. The zero-order valence-corrected chi connectivity index (χ0v) is 6.19. The van der Waals surface area contributed by atoms with Crippen LogP contribution in [0.2, 0.25) is 0 Å². The molecule has 51 valence electrons. The van der Waals surface area contributed by atoms with E-state index in [2.05, 4.69) is 22.1 Å². The van der Waals surface area contributed by atoms with Gasteiger partial charge in [-0.1, -0.05) is 0 Å². The van der Waals surface area contributed by atoms with E-state index in [9.17, 15) is 0 Å². The summed E-state index contributed by atoms with van der Waals surface area (Å²) in [4.78, 5) is 5.38. The average Bonchev–Trinajstić information content (AvgIpc) is 2.05. The van der Waals surface area contributed by atoms with E-state index in [-0.39, 0.29) is 0 Å². The van der Waals surface area contributed by atoms with E-state index in [1.54, 1.807) is 18.0 Å². The van der Waals surface area contributed by atoms with Crippen molar-refractivity contribution in [2.24, 2.45) is 0 Å². The molecule has 0 aromatic carbocycles. The summed E-state index contributed by atoms with van der Waals surface area (Å²) in [5, 5.41) is 3.18. The molecule has 0 fully saturated rings. The van der Waals surface area contributed by atoms with Crippen LogP contribution in [0, 0.1) is 5.75 Å². The summed E-state index contributed by atoms with van der Waals surface area (Å²) in [6, 6.07) is 4.02. The van der Waals surface area contributed by atoms with Crippen molar-refractivity contribution in [1.82, 2.24) is 4.98 Å². The number of thioether (sulfide) groups is 1. The molecular weight excluding hydrogens is 144 g/mol. The first-order valence-corrected chi connectivity index (χ1v) is 4.02. The number of fused-ring (bicyclic) bond motifs is 1. The Morgan fingerprint density at radius 1 is 1.60 bits per heavy atom. The van der Waals surface area contributed by atoms with Crippen LogP contribution in [-0.2, 0) is 0 Å². The van der Waals surface area contributed by atoms with Crippen LogP contribution in [0.3, 0.4) is 0 Å². The molecule has 0 spiro atoms. The van der Waals surface area contributed by atoms with Crippen molar-refractivity contribution in [1.29, 1.82) is 0 Å². The fourth-order valence-corrected chi connectivity index (χ4v) is 1.63. The highest BCUT2D eigenvalue weighted by Gasteiger charge is 2.07. The summed E-state index contributed by atoms with van der Waals surface area (Å²) in [5.41, 5.74) is 0. The van der Waals surface area contributed by atoms with Gasteiger partial charge < -0.3 is 5.32 Å². The maximum Gasteiger partial charge on any atom is 0.139 e. The number of nitrogens with zero attached hydrogens (tertiary/aromatic N) is 1. The summed E-state index contributed by atoms with van der Waals surface area (Å²) >= 11 is 1.74. The molecule has 1 N–H and O–H groups in total. The Labute approximate surface area is 64.0 Å². The second-order valence-corrected chi connectivity index (χ2v) is 3.02. The molecule has 1 aliphatic heterocycles. The normalized spacial score (nSPS) is 15.6. The fourth-order valence-electron chi connectivity index (χ4n) is 0.888. The summed E-state index contributed by atoms with van der Waals surface area (Å²) in [5.74, 6) is 3.14. The van der Waals surface area contributed by atoms with E-state index in [0.717, 1.165) is 12.4 Å². The lowest BCUT2D eigenvalue weighted by Crippen LogP contribution is -2.07. The SMILES string of the molecule is [CH]1CNc2ncccc2S1. The van der Waals surface area contributed by atoms with Gasteiger partial charge in [0, 0.05) is 18.5 Å². The van der Waals surface area contributed by atoms with Crippen molar-refractivity contribution < 1.29 is 0 Å². The smallest absolute Gasteiger partial charge is 0.139 e. The van der Waals surface area contributed by atoms with E-state index < -0.39 is 0 Å². The van der Waals surface area contributed by atoms with E-state index in [1.807, 2.05) is 6.07 Å². The lowest BCUT2D eigenvalue weighted by molar-refractivity contribution is 1.14. The van der Waals surface area contributed by atoms with Gasteiger partial charge in [-0.2, -0.15) is 0 Å². The second-order valence-electron chi connectivity index (χ2n) is 2.02. The van der Waals surface area contributed by atoms with Crippen molar-refractivity contribution in [3.63, 3.8) is 0 Å². The predicted molar refractivity (Wildman–Crippen MR) is 42.9 cm³/mol. The standard InChI is InChI=1S/C7H7N2S/c1-2-6-7(8-3-1)9-4-5-10-6/h1-3,5H,4H2,(H,8,9). The minimum Gasteiger partial charge on any atom is -0.368 e. The van der Waals surface area contributed by atoms with E-state index in [0.29, 0.717) is 0 Å². The molecule has 1 aromatic heterocycles. The summed E-state index contributed by atoms with van der Waals surface area (Å²) < 4.78 is 0. The fraction of sp³-hybridized carbons (Fsp3) is 0.143. The molecule has 1 aromatic rings. The molecule has 1 aliphatic rings. The highest BCUT2D eigenvalue weighted by atomic mass is 32.2. The summed E-state index contributed by atoms with van der Waals surface area (Å²) in [6.07, 6.45) is 1.80. The molecule has 3 heteroatoms. The molecule has 10 heavy (non-hydrogen) atoms. The molecular formula is C7H7N2S. The number of hydrogen-bond donors (Lipinski definition) is 1. The van der Waals surface area contributed by atoms with E-state index in [1.165, 1.54) is 4.90 Å². The van der Waals surface area contributed by atoms with Crippen molar-refractivity contribution in [3.05, 3.63) is 24.1 Å². The number of rotatable bonds is 0. The Bertz CT molecular complexity index is 212. The lowest BCUT2D eigenvalue weighted by atomic mass is 10.4. The third-order valence-corrected chi connectivity index (χ3v) is 2.25. The molecule has 0 amide bonds. The molecule has 0 saturated heterocycles. The van der Waals surface area contributed by atoms with Gasteiger partial charge in [-0.25, -0.2) is 4.98 Å². The highest BCUT2D eigenvalue weighted by Crippen LogP contribution is 2.30. The van der Waals surface area contributed by atoms with Gasteiger partial charge in [0.05, 0.1) is 4.90 Å². The van der Waals surface area contributed by atoms with Crippen LogP contribution in [0.15, 0.2) is 23.2 Å². The Hall–Kier alpha value is -0.700.